The van der Waals surface area contributed by atoms with Gasteiger partial charge in [0.05, 0.1) is 17.6 Å². The minimum absolute atomic E-state index is 0.223. The number of aliphatic hydroxyl groups is 1. The van der Waals surface area contributed by atoms with Gasteiger partial charge in [-0.3, -0.25) is 0 Å². The summed E-state index contributed by atoms with van der Waals surface area (Å²) in [6.45, 7) is -0.223. The molecule has 5 heteroatoms. The second-order valence-corrected chi connectivity index (χ2v) is 9.06. The van der Waals surface area contributed by atoms with Crippen molar-refractivity contribution in [1.82, 2.24) is 4.31 Å². The molecule has 3 atom stereocenters. The average molecular weight is 349 g/mol. The third kappa shape index (κ3) is 3.44. The van der Waals surface area contributed by atoms with Crippen LogP contribution < -0.4 is 0 Å². The van der Waals surface area contributed by atoms with Gasteiger partial charge in [-0.05, 0) is 43.1 Å². The molecule has 1 N–H and O–H groups in total. The van der Waals surface area contributed by atoms with Gasteiger partial charge in [0.1, 0.15) is 0 Å². The van der Waals surface area contributed by atoms with Crippen molar-refractivity contribution >= 4 is 10.0 Å². The average Bonchev–Trinajstić information content (AvgIpc) is 2.62. The van der Waals surface area contributed by atoms with Gasteiger partial charge in [0.2, 0.25) is 10.0 Å². The van der Waals surface area contributed by atoms with E-state index < -0.39 is 16.1 Å². The monoisotopic (exact) mass is 349 g/mol. The Hall–Kier alpha value is -1.17. The van der Waals surface area contributed by atoms with Crippen molar-refractivity contribution in [3.05, 3.63) is 46.9 Å². The molecule has 24 heavy (non-hydrogen) atoms. The first-order valence-electron chi connectivity index (χ1n) is 8.88. The van der Waals surface area contributed by atoms with E-state index in [0.29, 0.717) is 23.2 Å². The molecule has 0 aromatic heterocycles. The van der Waals surface area contributed by atoms with Crippen molar-refractivity contribution in [1.29, 1.82) is 0 Å². The molecule has 2 aliphatic carbocycles. The molecule has 0 bridgehead atoms. The summed E-state index contributed by atoms with van der Waals surface area (Å²) in [7, 11) is -1.96. The number of likely N-dealkylation sites (N-methyl/N-ethyl adjacent to an activating group) is 1. The van der Waals surface area contributed by atoms with Crippen LogP contribution >= 0.6 is 0 Å². The fourth-order valence-electron chi connectivity index (χ4n) is 4.14. The van der Waals surface area contributed by atoms with E-state index >= 15 is 0 Å². The molecule has 0 saturated heterocycles. The first-order valence-corrected chi connectivity index (χ1v) is 10.3. The molecule has 4 nitrogen and oxygen atoms in total. The summed E-state index contributed by atoms with van der Waals surface area (Å²) in [5.41, 5.74) is 0.818. The van der Waals surface area contributed by atoms with Crippen LogP contribution in [0.2, 0.25) is 0 Å². The van der Waals surface area contributed by atoms with Crippen LogP contribution in [0, 0.1) is 11.8 Å². The summed E-state index contributed by atoms with van der Waals surface area (Å²) in [4.78, 5) is 0.544. The number of sulfonamides is 1. The van der Waals surface area contributed by atoms with E-state index in [4.69, 9.17) is 0 Å². The molecule has 1 fully saturated rings. The van der Waals surface area contributed by atoms with Crippen molar-refractivity contribution in [3.63, 3.8) is 0 Å². The highest BCUT2D eigenvalue weighted by molar-refractivity contribution is 7.93. The van der Waals surface area contributed by atoms with Crippen LogP contribution in [-0.4, -0.2) is 31.5 Å². The summed E-state index contributed by atoms with van der Waals surface area (Å²) < 4.78 is 27.5. The number of aliphatic hydroxyl groups excluding tert-OH is 1. The van der Waals surface area contributed by atoms with Crippen LogP contribution in [0.1, 0.15) is 50.1 Å². The minimum Gasteiger partial charge on any atom is -0.394 e. The lowest BCUT2D eigenvalue weighted by molar-refractivity contribution is 0.204. The lowest BCUT2D eigenvalue weighted by Gasteiger charge is -2.35. The fraction of sp³-hybridized carbons (Fsp3) is 0.579. The van der Waals surface area contributed by atoms with Crippen LogP contribution in [0.5, 0.6) is 0 Å². The Balaban J connectivity index is 1.85. The summed E-state index contributed by atoms with van der Waals surface area (Å²) in [5.74, 6) is 1.07. The van der Waals surface area contributed by atoms with E-state index in [0.717, 1.165) is 18.4 Å². The smallest absolute Gasteiger partial charge is 0.239 e. The molecule has 2 aliphatic rings. The molecule has 0 spiro atoms. The predicted molar refractivity (Wildman–Crippen MR) is 95.7 cm³/mol. The number of rotatable bonds is 5. The van der Waals surface area contributed by atoms with E-state index in [-0.39, 0.29) is 6.61 Å². The number of hydrogen-bond acceptors (Lipinski definition) is 3. The fourth-order valence-corrected chi connectivity index (χ4v) is 5.75. The third-order valence-electron chi connectivity index (χ3n) is 5.64. The van der Waals surface area contributed by atoms with E-state index in [9.17, 15) is 13.5 Å². The molecule has 132 valence electrons. The van der Waals surface area contributed by atoms with Crippen molar-refractivity contribution in [2.24, 2.45) is 11.8 Å². The highest BCUT2D eigenvalue weighted by Crippen LogP contribution is 2.41. The Morgan fingerprint density at radius 2 is 1.88 bits per heavy atom. The second kappa shape index (κ2) is 7.38. The Morgan fingerprint density at radius 3 is 2.58 bits per heavy atom. The molecular weight excluding hydrogens is 322 g/mol. The van der Waals surface area contributed by atoms with Gasteiger partial charge in [-0.1, -0.05) is 49.2 Å². The van der Waals surface area contributed by atoms with Gasteiger partial charge in [-0.2, -0.15) is 4.31 Å². The van der Waals surface area contributed by atoms with E-state index in [1.807, 2.05) is 36.4 Å². The third-order valence-corrected chi connectivity index (χ3v) is 7.65. The molecule has 0 amide bonds. The lowest BCUT2D eigenvalue weighted by Crippen LogP contribution is -2.35. The molecule has 1 aromatic rings. The minimum atomic E-state index is -3.54. The van der Waals surface area contributed by atoms with Crippen LogP contribution in [0.3, 0.4) is 0 Å². The Morgan fingerprint density at radius 1 is 1.17 bits per heavy atom. The Bertz CT molecular complexity index is 684. The number of fused-ring (bicyclic) bond motifs is 1. The molecule has 3 rings (SSSR count). The summed E-state index contributed by atoms with van der Waals surface area (Å²) in [6.07, 6.45) is 8.42. The van der Waals surface area contributed by atoms with Gasteiger partial charge in [0.15, 0.2) is 0 Å². The number of benzene rings is 1. The molecule has 1 saturated carbocycles. The van der Waals surface area contributed by atoms with Crippen molar-refractivity contribution < 1.29 is 13.5 Å². The highest BCUT2D eigenvalue weighted by atomic mass is 32.2. The van der Waals surface area contributed by atoms with E-state index in [2.05, 4.69) is 0 Å². The Kier molecular flexibility index (Phi) is 5.42. The van der Waals surface area contributed by atoms with Crippen LogP contribution in [0.15, 0.2) is 41.3 Å². The van der Waals surface area contributed by atoms with E-state index in [1.165, 1.54) is 23.6 Å². The molecule has 3 unspecified atom stereocenters. The maximum atomic E-state index is 13.1. The van der Waals surface area contributed by atoms with Crippen molar-refractivity contribution in [2.75, 3.05) is 13.7 Å². The van der Waals surface area contributed by atoms with Crippen LogP contribution in [-0.2, 0) is 10.0 Å². The van der Waals surface area contributed by atoms with Gasteiger partial charge >= 0.3 is 0 Å². The number of nitrogens with zero attached hydrogens (tertiary/aromatic N) is 1. The zero-order valence-corrected chi connectivity index (χ0v) is 15.1. The van der Waals surface area contributed by atoms with Gasteiger partial charge < -0.3 is 5.11 Å². The normalized spacial score (nSPS) is 25.9. The number of hydrogen-bond donors (Lipinski definition) is 1. The first kappa shape index (κ1) is 17.6. The molecule has 0 radical (unpaired) electrons. The predicted octanol–water partition coefficient (Wildman–Crippen LogP) is 3.47. The van der Waals surface area contributed by atoms with Crippen molar-refractivity contribution in [3.8, 4) is 0 Å². The van der Waals surface area contributed by atoms with Crippen LogP contribution in [0.25, 0.3) is 0 Å². The van der Waals surface area contributed by atoms with E-state index in [1.54, 1.807) is 7.05 Å². The van der Waals surface area contributed by atoms with Crippen molar-refractivity contribution in [2.45, 2.75) is 44.6 Å². The lowest BCUT2D eigenvalue weighted by atomic mass is 9.74. The van der Waals surface area contributed by atoms with Gasteiger partial charge in [0, 0.05) is 7.05 Å². The quantitative estimate of drug-likeness (QED) is 0.885. The largest absolute Gasteiger partial charge is 0.394 e. The molecule has 0 heterocycles. The second-order valence-electron chi connectivity index (χ2n) is 7.01. The highest BCUT2D eigenvalue weighted by Gasteiger charge is 2.35. The standard InChI is InChI=1S/C19H27NO3S/c1-20(19(14-21)16-8-3-2-4-9-16)24(22,23)18-12-11-15-7-5-6-10-17(15)13-18/h2-4,8-9,13,15,17,19,21H,5-7,10-12,14H2,1H3. The maximum absolute atomic E-state index is 13.1. The summed E-state index contributed by atoms with van der Waals surface area (Å²) >= 11 is 0. The van der Waals surface area contributed by atoms with Crippen LogP contribution in [0.4, 0.5) is 0 Å². The van der Waals surface area contributed by atoms with Gasteiger partial charge in [-0.25, -0.2) is 8.42 Å². The topological polar surface area (TPSA) is 57.6 Å². The molecule has 1 aromatic carbocycles. The summed E-state index contributed by atoms with van der Waals surface area (Å²) in [5, 5.41) is 9.77. The number of allylic oxidation sites excluding steroid dienone is 2. The Labute approximate surface area is 145 Å². The van der Waals surface area contributed by atoms with Gasteiger partial charge in [-0.15, -0.1) is 0 Å². The first-order chi connectivity index (χ1) is 11.5. The maximum Gasteiger partial charge on any atom is 0.239 e. The zero-order chi connectivity index (χ0) is 17.2. The molecular formula is C19H27NO3S. The zero-order valence-electron chi connectivity index (χ0n) is 14.3. The molecule has 0 aliphatic heterocycles. The SMILES string of the molecule is CN(C(CO)c1ccccc1)S(=O)(=O)C1=CC2CCCCC2CC1. The van der Waals surface area contributed by atoms with Gasteiger partial charge in [0.25, 0.3) is 0 Å². The summed E-state index contributed by atoms with van der Waals surface area (Å²) in [6, 6.07) is 8.80.